The van der Waals surface area contributed by atoms with Crippen molar-refractivity contribution in [1.29, 1.82) is 0 Å². The maximum Gasteiger partial charge on any atom is 0.270 e. The Labute approximate surface area is 227 Å². The van der Waals surface area contributed by atoms with Crippen molar-refractivity contribution in [2.24, 2.45) is 4.99 Å². The van der Waals surface area contributed by atoms with E-state index in [1.54, 1.807) is 48.5 Å². The van der Waals surface area contributed by atoms with Crippen molar-refractivity contribution in [3.05, 3.63) is 77.6 Å². The number of hydrogen-bond donors (Lipinski definition) is 4. The van der Waals surface area contributed by atoms with Gasteiger partial charge in [-0.05, 0) is 91.4 Å². The lowest BCUT2D eigenvalue weighted by Gasteiger charge is -2.26. The second-order valence-electron chi connectivity index (χ2n) is 9.40. The number of sulfonamides is 1. The molecule has 0 atom stereocenters. The van der Waals surface area contributed by atoms with E-state index in [0.717, 1.165) is 36.0 Å². The molecule has 1 fully saturated rings. The standard InChI is InChI=1S/C28H32FN5O4S/c1-31-28(36)27(33-22-12-10-21(11-13-22)32-20-8-6-19(29)7-9-20)24-16-23(18-4-5-18)26(17-25(24)30)34(14-3-15-35)39(2,37)38/h6-13,16-18,32,35H,3-5,14-15,30H2,1-2H3,(H,31,36). The van der Waals surface area contributed by atoms with Crippen molar-refractivity contribution in [3.8, 4) is 0 Å². The number of anilines is 4. The lowest BCUT2D eigenvalue weighted by atomic mass is 9.98. The number of amides is 1. The van der Waals surface area contributed by atoms with Crippen LogP contribution in [0.1, 0.15) is 36.3 Å². The third kappa shape index (κ3) is 6.92. The third-order valence-corrected chi connectivity index (χ3v) is 7.52. The van der Waals surface area contributed by atoms with Crippen LogP contribution in [-0.4, -0.2) is 51.6 Å². The van der Waals surface area contributed by atoms with Crippen LogP contribution < -0.4 is 20.7 Å². The van der Waals surface area contributed by atoms with E-state index in [-0.39, 0.29) is 42.7 Å². The molecule has 3 aromatic rings. The molecule has 206 valence electrons. The zero-order valence-corrected chi connectivity index (χ0v) is 22.6. The molecule has 0 heterocycles. The third-order valence-electron chi connectivity index (χ3n) is 6.34. The van der Waals surface area contributed by atoms with Gasteiger partial charge >= 0.3 is 0 Å². The Morgan fingerprint density at radius 3 is 2.26 bits per heavy atom. The predicted octanol–water partition coefficient (Wildman–Crippen LogP) is 4.04. The molecule has 39 heavy (non-hydrogen) atoms. The first-order chi connectivity index (χ1) is 18.6. The molecule has 0 spiro atoms. The zero-order chi connectivity index (χ0) is 28.2. The van der Waals surface area contributed by atoms with E-state index in [9.17, 15) is 22.7 Å². The molecule has 0 saturated heterocycles. The van der Waals surface area contributed by atoms with E-state index in [1.165, 1.54) is 23.5 Å². The van der Waals surface area contributed by atoms with Gasteiger partial charge in [0.1, 0.15) is 11.5 Å². The van der Waals surface area contributed by atoms with Gasteiger partial charge in [-0.1, -0.05) is 0 Å². The number of aliphatic hydroxyl groups excluding tert-OH is 1. The SMILES string of the molecule is CNC(=O)C(=Nc1ccc(Nc2ccc(F)cc2)cc1)c1cc(C2CC2)c(N(CCCO)S(C)(=O)=O)cc1N. The van der Waals surface area contributed by atoms with Crippen LogP contribution in [0.25, 0.3) is 0 Å². The number of benzene rings is 3. The molecule has 1 aliphatic rings. The van der Waals surface area contributed by atoms with E-state index in [1.807, 2.05) is 0 Å². The Morgan fingerprint density at radius 2 is 1.72 bits per heavy atom. The van der Waals surface area contributed by atoms with E-state index < -0.39 is 15.9 Å². The van der Waals surface area contributed by atoms with Crippen molar-refractivity contribution >= 4 is 50.1 Å². The van der Waals surface area contributed by atoms with Gasteiger partial charge in [-0.15, -0.1) is 0 Å². The highest BCUT2D eigenvalue weighted by molar-refractivity contribution is 7.92. The van der Waals surface area contributed by atoms with Gasteiger partial charge in [-0.2, -0.15) is 0 Å². The molecular weight excluding hydrogens is 521 g/mol. The summed E-state index contributed by atoms with van der Waals surface area (Å²) < 4.78 is 39.7. The molecule has 3 aromatic carbocycles. The van der Waals surface area contributed by atoms with Crippen LogP contribution in [0.4, 0.5) is 32.8 Å². The number of nitrogens with two attached hydrogens (primary N) is 1. The minimum Gasteiger partial charge on any atom is -0.398 e. The number of halogens is 1. The van der Waals surface area contributed by atoms with Crippen LogP contribution in [0.3, 0.4) is 0 Å². The summed E-state index contributed by atoms with van der Waals surface area (Å²) >= 11 is 0. The number of rotatable bonds is 11. The molecule has 4 rings (SSSR count). The van der Waals surface area contributed by atoms with Gasteiger partial charge in [-0.25, -0.2) is 17.8 Å². The average Bonchev–Trinajstić information content (AvgIpc) is 3.74. The van der Waals surface area contributed by atoms with Crippen molar-refractivity contribution in [2.45, 2.75) is 25.2 Å². The smallest absolute Gasteiger partial charge is 0.270 e. The number of aliphatic imine (C=N–C) groups is 1. The number of nitrogens with zero attached hydrogens (tertiary/aromatic N) is 2. The molecular formula is C28H32FN5O4S. The second kappa shape index (κ2) is 11.8. The second-order valence-corrected chi connectivity index (χ2v) is 11.3. The van der Waals surface area contributed by atoms with Gasteiger partial charge < -0.3 is 21.5 Å². The van der Waals surface area contributed by atoms with Crippen LogP contribution in [0.5, 0.6) is 0 Å². The number of carbonyl (C=O) groups excluding carboxylic acids is 1. The summed E-state index contributed by atoms with van der Waals surface area (Å²) in [6.07, 6.45) is 3.18. The average molecular weight is 554 g/mol. The molecule has 1 aliphatic carbocycles. The predicted molar refractivity (Wildman–Crippen MR) is 153 cm³/mol. The zero-order valence-electron chi connectivity index (χ0n) is 21.8. The summed E-state index contributed by atoms with van der Waals surface area (Å²) in [4.78, 5) is 17.5. The highest BCUT2D eigenvalue weighted by atomic mass is 32.2. The number of nitrogens with one attached hydrogen (secondary N) is 2. The quantitative estimate of drug-likeness (QED) is 0.209. The molecule has 11 heteroatoms. The van der Waals surface area contributed by atoms with Gasteiger partial charge in [0.05, 0.1) is 17.6 Å². The Hall–Kier alpha value is -3.96. The Kier molecular flexibility index (Phi) is 8.51. The Morgan fingerprint density at radius 1 is 1.10 bits per heavy atom. The summed E-state index contributed by atoms with van der Waals surface area (Å²) in [6, 6.07) is 16.4. The fraction of sp³-hybridized carbons (Fsp3) is 0.286. The lowest BCUT2D eigenvalue weighted by Crippen LogP contribution is -2.33. The first kappa shape index (κ1) is 28.1. The summed E-state index contributed by atoms with van der Waals surface area (Å²) in [5, 5.41) is 15.1. The molecule has 0 aliphatic heterocycles. The topological polar surface area (TPSA) is 137 Å². The molecule has 0 radical (unpaired) electrons. The van der Waals surface area contributed by atoms with E-state index >= 15 is 0 Å². The summed E-state index contributed by atoms with van der Waals surface area (Å²) in [5.41, 5.74) is 10.4. The van der Waals surface area contributed by atoms with E-state index in [4.69, 9.17) is 5.73 Å². The first-order valence-corrected chi connectivity index (χ1v) is 14.4. The van der Waals surface area contributed by atoms with Crippen molar-refractivity contribution in [2.75, 3.05) is 41.8 Å². The molecule has 0 bridgehead atoms. The summed E-state index contributed by atoms with van der Waals surface area (Å²) in [6.45, 7) is -0.0351. The minimum absolute atomic E-state index is 0.101. The highest BCUT2D eigenvalue weighted by Crippen LogP contribution is 2.46. The van der Waals surface area contributed by atoms with E-state index in [0.29, 0.717) is 16.9 Å². The van der Waals surface area contributed by atoms with Gasteiger partial charge in [0.25, 0.3) is 5.91 Å². The van der Waals surface area contributed by atoms with Crippen LogP contribution in [-0.2, 0) is 14.8 Å². The maximum atomic E-state index is 13.2. The summed E-state index contributed by atoms with van der Waals surface area (Å²) in [7, 11) is -2.13. The Bertz CT molecular complexity index is 1470. The molecule has 5 N–H and O–H groups in total. The molecule has 1 saturated carbocycles. The van der Waals surface area contributed by atoms with Crippen molar-refractivity contribution < 1.29 is 22.7 Å². The van der Waals surface area contributed by atoms with Gasteiger partial charge in [0.15, 0.2) is 0 Å². The van der Waals surface area contributed by atoms with Crippen LogP contribution >= 0.6 is 0 Å². The number of aliphatic hydroxyl groups is 1. The van der Waals surface area contributed by atoms with Gasteiger partial charge in [0, 0.05) is 42.8 Å². The first-order valence-electron chi connectivity index (χ1n) is 12.6. The number of hydrogen-bond acceptors (Lipinski definition) is 7. The van der Waals surface area contributed by atoms with Crippen molar-refractivity contribution in [1.82, 2.24) is 5.32 Å². The van der Waals surface area contributed by atoms with Gasteiger partial charge in [-0.3, -0.25) is 9.10 Å². The van der Waals surface area contributed by atoms with Crippen LogP contribution in [0.2, 0.25) is 0 Å². The molecule has 9 nitrogen and oxygen atoms in total. The lowest BCUT2D eigenvalue weighted by molar-refractivity contribution is -0.114. The fourth-order valence-corrected chi connectivity index (χ4v) is 5.22. The van der Waals surface area contributed by atoms with Crippen LogP contribution in [0, 0.1) is 5.82 Å². The molecule has 0 aromatic heterocycles. The maximum absolute atomic E-state index is 13.2. The van der Waals surface area contributed by atoms with Crippen LogP contribution in [0.15, 0.2) is 65.7 Å². The minimum atomic E-state index is -3.63. The van der Waals surface area contributed by atoms with E-state index in [2.05, 4.69) is 15.6 Å². The fourth-order valence-electron chi connectivity index (χ4n) is 4.24. The normalized spacial score (nSPS) is 13.7. The monoisotopic (exact) mass is 553 g/mol. The molecule has 1 amide bonds. The highest BCUT2D eigenvalue weighted by Gasteiger charge is 2.32. The number of nitrogen functional groups attached to an aromatic ring is 1. The largest absolute Gasteiger partial charge is 0.398 e. The number of likely N-dealkylation sites (N-methyl/N-ethyl adjacent to an activating group) is 1. The number of carbonyl (C=O) groups is 1. The van der Waals surface area contributed by atoms with Crippen molar-refractivity contribution in [3.63, 3.8) is 0 Å². The molecule has 0 unspecified atom stereocenters. The Balaban J connectivity index is 1.71. The summed E-state index contributed by atoms with van der Waals surface area (Å²) in [5.74, 6) is -0.622. The van der Waals surface area contributed by atoms with Gasteiger partial charge in [0.2, 0.25) is 10.0 Å².